The summed E-state index contributed by atoms with van der Waals surface area (Å²) < 4.78 is 4.47. The summed E-state index contributed by atoms with van der Waals surface area (Å²) in [6, 6.07) is 5.57. The molecule has 0 saturated heterocycles. The summed E-state index contributed by atoms with van der Waals surface area (Å²) in [5.41, 5.74) is 0.326. The number of carboxylic acid groups (broad SMARTS) is 1. The van der Waals surface area contributed by atoms with Gasteiger partial charge in [0.05, 0.1) is 7.11 Å². The van der Waals surface area contributed by atoms with Gasteiger partial charge in [-0.25, -0.2) is 4.79 Å². The van der Waals surface area contributed by atoms with Crippen molar-refractivity contribution < 1.29 is 24.2 Å². The first kappa shape index (κ1) is 16.8. The van der Waals surface area contributed by atoms with Crippen LogP contribution in [0.1, 0.15) is 0 Å². The number of esters is 1. The number of likely N-dealkylation sites (N-methyl/N-ethyl adjacent to an activating group) is 1. The molecule has 0 aliphatic heterocycles. The van der Waals surface area contributed by atoms with Gasteiger partial charge in [-0.15, -0.1) is 0 Å². The molecule has 0 radical (unpaired) electrons. The number of carbonyl (C=O) groups excluding carboxylic acids is 2. The van der Waals surface area contributed by atoms with Crippen LogP contribution < -0.4 is 4.90 Å². The smallest absolute Gasteiger partial charge is 0.325 e. The van der Waals surface area contributed by atoms with Crippen molar-refractivity contribution in [2.24, 2.45) is 0 Å². The summed E-state index contributed by atoms with van der Waals surface area (Å²) in [5, 5.41) is 9.30. The van der Waals surface area contributed by atoms with Gasteiger partial charge in [-0.05, 0) is 18.2 Å². The van der Waals surface area contributed by atoms with Gasteiger partial charge in [0.2, 0.25) is 0 Å². The lowest BCUT2D eigenvalue weighted by Gasteiger charge is -2.26. The molecule has 0 fully saturated rings. The van der Waals surface area contributed by atoms with Crippen molar-refractivity contribution in [3.63, 3.8) is 0 Å². The molecule has 0 aromatic heterocycles. The maximum absolute atomic E-state index is 12.3. The average Bonchev–Trinajstić information content (AvgIpc) is 2.43. The molecule has 0 saturated carbocycles. The number of hydrogen-bond donors (Lipinski definition) is 1. The van der Waals surface area contributed by atoms with E-state index in [1.165, 1.54) is 20.2 Å². The Morgan fingerprint density at radius 2 is 1.95 bits per heavy atom. The predicted octanol–water partition coefficient (Wildman–Crippen LogP) is 1.46. The number of ether oxygens (including phenoxy) is 1. The van der Waals surface area contributed by atoms with E-state index in [4.69, 9.17) is 16.7 Å². The van der Waals surface area contributed by atoms with E-state index in [1.807, 2.05) is 0 Å². The Morgan fingerprint density at radius 1 is 1.29 bits per heavy atom. The van der Waals surface area contributed by atoms with Crippen LogP contribution in [0.2, 0.25) is 5.02 Å². The minimum Gasteiger partial charge on any atom is -0.480 e. The first-order valence-corrected chi connectivity index (χ1v) is 6.29. The van der Waals surface area contributed by atoms with Crippen LogP contribution in [0.3, 0.4) is 0 Å². The predicted molar refractivity (Wildman–Crippen MR) is 76.5 cm³/mol. The van der Waals surface area contributed by atoms with E-state index in [0.717, 1.165) is 9.80 Å². The molecule has 0 aliphatic rings. The zero-order valence-electron chi connectivity index (χ0n) is 11.6. The highest BCUT2D eigenvalue weighted by atomic mass is 35.5. The van der Waals surface area contributed by atoms with Crippen molar-refractivity contribution in [1.29, 1.82) is 0 Å². The molecule has 8 heteroatoms. The maximum atomic E-state index is 12.3. The van der Waals surface area contributed by atoms with Crippen LogP contribution in [0.5, 0.6) is 0 Å². The van der Waals surface area contributed by atoms with E-state index < -0.39 is 24.5 Å². The minimum atomic E-state index is -1.19. The molecule has 7 nitrogen and oxygen atoms in total. The van der Waals surface area contributed by atoms with Gasteiger partial charge in [0, 0.05) is 17.8 Å². The summed E-state index contributed by atoms with van der Waals surface area (Å²) in [5.74, 6) is -1.79. The molecular weight excluding hydrogens is 300 g/mol. The SMILES string of the molecule is COC(=O)CN(C)C(=O)N(CC(=O)O)c1cccc(Cl)c1. The molecular formula is C13H15ClN2O5. The van der Waals surface area contributed by atoms with Crippen LogP contribution >= 0.6 is 11.6 Å². The first-order chi connectivity index (χ1) is 9.85. The van der Waals surface area contributed by atoms with Gasteiger partial charge in [-0.2, -0.15) is 0 Å². The van der Waals surface area contributed by atoms with Crippen molar-refractivity contribution in [2.75, 3.05) is 32.1 Å². The number of urea groups is 1. The van der Waals surface area contributed by atoms with Gasteiger partial charge in [0.1, 0.15) is 13.1 Å². The van der Waals surface area contributed by atoms with Gasteiger partial charge in [-0.1, -0.05) is 17.7 Å². The Bertz CT molecular complexity index is 549. The number of rotatable bonds is 5. The summed E-state index contributed by atoms with van der Waals surface area (Å²) in [6.07, 6.45) is 0. The van der Waals surface area contributed by atoms with Crippen molar-refractivity contribution in [3.05, 3.63) is 29.3 Å². The molecule has 1 N–H and O–H groups in total. The fourth-order valence-corrected chi connectivity index (χ4v) is 1.77. The molecule has 0 spiro atoms. The van der Waals surface area contributed by atoms with Crippen LogP contribution in [0.25, 0.3) is 0 Å². The molecule has 0 heterocycles. The number of methoxy groups -OCH3 is 1. The lowest BCUT2D eigenvalue weighted by Crippen LogP contribution is -2.45. The highest BCUT2D eigenvalue weighted by molar-refractivity contribution is 6.30. The molecule has 21 heavy (non-hydrogen) atoms. The average molecular weight is 315 g/mol. The number of amides is 2. The van der Waals surface area contributed by atoms with E-state index >= 15 is 0 Å². The summed E-state index contributed by atoms with van der Waals surface area (Å²) in [4.78, 5) is 36.5. The number of anilines is 1. The molecule has 1 aromatic carbocycles. The summed E-state index contributed by atoms with van der Waals surface area (Å²) >= 11 is 5.84. The third kappa shape index (κ3) is 4.96. The van der Waals surface area contributed by atoms with Gasteiger partial charge in [0.15, 0.2) is 0 Å². The van der Waals surface area contributed by atoms with Crippen molar-refractivity contribution in [2.45, 2.75) is 0 Å². The van der Waals surface area contributed by atoms with Gasteiger partial charge < -0.3 is 14.7 Å². The van der Waals surface area contributed by atoms with Crippen molar-refractivity contribution in [3.8, 4) is 0 Å². The third-order valence-electron chi connectivity index (χ3n) is 2.56. The number of benzene rings is 1. The Balaban J connectivity index is 2.99. The van der Waals surface area contributed by atoms with E-state index in [-0.39, 0.29) is 6.54 Å². The Labute approximate surface area is 126 Å². The number of hydrogen-bond acceptors (Lipinski definition) is 4. The Kier molecular flexibility index (Phi) is 5.98. The summed E-state index contributed by atoms with van der Waals surface area (Å²) in [7, 11) is 2.57. The van der Waals surface area contributed by atoms with Gasteiger partial charge in [0.25, 0.3) is 0 Å². The van der Waals surface area contributed by atoms with E-state index in [9.17, 15) is 14.4 Å². The number of carbonyl (C=O) groups is 3. The van der Waals surface area contributed by atoms with E-state index in [0.29, 0.717) is 10.7 Å². The van der Waals surface area contributed by atoms with Crippen molar-refractivity contribution >= 4 is 35.3 Å². The lowest BCUT2D eigenvalue weighted by molar-refractivity contribution is -0.141. The topological polar surface area (TPSA) is 87.2 Å². The Morgan fingerprint density at radius 3 is 2.48 bits per heavy atom. The normalized spacial score (nSPS) is 9.86. The van der Waals surface area contributed by atoms with Crippen LogP contribution in [0.4, 0.5) is 10.5 Å². The monoisotopic (exact) mass is 314 g/mol. The van der Waals surface area contributed by atoms with Crippen molar-refractivity contribution in [1.82, 2.24) is 4.90 Å². The minimum absolute atomic E-state index is 0.286. The van der Waals surface area contributed by atoms with Crippen LogP contribution in [-0.2, 0) is 14.3 Å². The maximum Gasteiger partial charge on any atom is 0.325 e. The van der Waals surface area contributed by atoms with Gasteiger partial charge in [-0.3, -0.25) is 14.5 Å². The number of nitrogens with zero attached hydrogens (tertiary/aromatic N) is 2. The highest BCUT2D eigenvalue weighted by Crippen LogP contribution is 2.20. The highest BCUT2D eigenvalue weighted by Gasteiger charge is 2.24. The van der Waals surface area contributed by atoms with Crippen LogP contribution in [0.15, 0.2) is 24.3 Å². The number of halogens is 1. The zero-order chi connectivity index (χ0) is 16.0. The second-order valence-electron chi connectivity index (χ2n) is 4.17. The molecule has 2 amide bonds. The fraction of sp³-hybridized carbons (Fsp3) is 0.308. The van der Waals surface area contributed by atoms with Crippen LogP contribution in [0, 0.1) is 0 Å². The second-order valence-corrected chi connectivity index (χ2v) is 4.61. The van der Waals surface area contributed by atoms with E-state index in [1.54, 1.807) is 18.2 Å². The lowest BCUT2D eigenvalue weighted by atomic mass is 10.3. The number of aliphatic carboxylic acids is 1. The third-order valence-corrected chi connectivity index (χ3v) is 2.80. The fourth-order valence-electron chi connectivity index (χ4n) is 1.58. The molecule has 0 unspecified atom stereocenters. The Hall–Kier alpha value is -2.28. The molecule has 0 atom stereocenters. The molecule has 1 aromatic rings. The largest absolute Gasteiger partial charge is 0.480 e. The molecule has 0 bridgehead atoms. The summed E-state index contributed by atoms with van der Waals surface area (Å²) in [6.45, 7) is -0.837. The van der Waals surface area contributed by atoms with Gasteiger partial charge >= 0.3 is 18.0 Å². The quantitative estimate of drug-likeness (QED) is 0.831. The number of carboxylic acids is 1. The molecule has 0 aliphatic carbocycles. The standard InChI is InChI=1S/C13H15ClN2O5/c1-15(8-12(19)21-2)13(20)16(7-11(17)18)10-5-3-4-9(14)6-10/h3-6H,7-8H2,1-2H3,(H,17,18). The first-order valence-electron chi connectivity index (χ1n) is 5.92. The molecule has 1 rings (SSSR count). The zero-order valence-corrected chi connectivity index (χ0v) is 12.3. The second kappa shape index (κ2) is 7.49. The molecule has 114 valence electrons. The van der Waals surface area contributed by atoms with E-state index in [2.05, 4.69) is 4.74 Å². The van der Waals surface area contributed by atoms with Crippen LogP contribution in [-0.4, -0.2) is 55.2 Å².